The number of carboxylic acid groups (broad SMARTS) is 4. The summed E-state index contributed by atoms with van der Waals surface area (Å²) in [6.45, 7) is 15.4. The van der Waals surface area contributed by atoms with Crippen molar-refractivity contribution in [1.82, 2.24) is 0 Å². The van der Waals surface area contributed by atoms with Crippen LogP contribution < -0.4 is 11.5 Å². The Bertz CT molecular complexity index is 1970. The summed E-state index contributed by atoms with van der Waals surface area (Å²) in [4.78, 5) is 61.4. The maximum Gasteiger partial charge on any atom is 0.335 e. The molecule has 20 atom stereocenters. The number of allylic oxidation sites excluding steroid dienone is 2. The first-order valence-corrected chi connectivity index (χ1v) is 24.1. The van der Waals surface area contributed by atoms with Crippen LogP contribution in [-0.2, 0) is 42.9 Å². The highest BCUT2D eigenvalue weighted by molar-refractivity contribution is 5.95. The Morgan fingerprint density at radius 2 is 1.32 bits per heavy atom. The van der Waals surface area contributed by atoms with E-state index in [0.717, 1.165) is 50.5 Å². The third-order valence-electron chi connectivity index (χ3n) is 18.5. The first kappa shape index (κ1) is 54.2. The minimum absolute atomic E-state index is 0.0217. The van der Waals surface area contributed by atoms with E-state index in [9.17, 15) is 64.8 Å². The molecule has 0 aromatic heterocycles. The number of carbonyl (C=O) groups excluding carboxylic acids is 1. The van der Waals surface area contributed by atoms with Gasteiger partial charge in [0.15, 0.2) is 30.6 Å². The van der Waals surface area contributed by atoms with Gasteiger partial charge < -0.3 is 76.4 Å². The molecule has 0 aromatic rings. The number of ketones is 1. The molecule has 13 N–H and O–H groups in total. The van der Waals surface area contributed by atoms with Crippen molar-refractivity contribution in [2.75, 3.05) is 6.54 Å². The molecule has 5 aliphatic carbocycles. The molecule has 7 aliphatic rings. The summed E-state index contributed by atoms with van der Waals surface area (Å²) in [5.74, 6) is -5.40. The van der Waals surface area contributed by atoms with E-state index in [1.54, 1.807) is 0 Å². The van der Waals surface area contributed by atoms with E-state index in [-0.39, 0.29) is 34.4 Å². The van der Waals surface area contributed by atoms with E-state index in [1.165, 1.54) is 0 Å². The standard InChI is InChI=1S/C42H62O16.C6H14N2O2/c1-37(2)21-8-11-42(7)31(20(43)16-18-19-17-39(4,36(53)54)13-12-38(19,3)14-15-41(18,42)6)40(21,5)10-9-22(37)55-35-30(26(47)25(46)29(57-35)33(51)52)58-34-27(48)23(44)24(45)28(56-34)32(49)50;7-4-2-1-3-5(8)6(9)10/h16,19,21-31,34-35,44-48H,8-15,17H2,1-7H3,(H,49,50)(H,51,52)(H,53,54);5H,1-4,7-8H2,(H,9,10)/t19-,21-,22-,23-,24-,25-,26-,27+,28-,29-,30+,31+,34-,35-,38+,39-,40-,41+,42+;/m0./s1. The average Bonchev–Trinajstić information content (AvgIpc) is 3.25. The van der Waals surface area contributed by atoms with Gasteiger partial charge in [0.05, 0.1) is 11.5 Å². The monoisotopic (exact) mass is 969 g/mol. The fourth-order valence-corrected chi connectivity index (χ4v) is 14.0. The van der Waals surface area contributed by atoms with Gasteiger partial charge in [-0.15, -0.1) is 0 Å². The zero-order chi connectivity index (χ0) is 50.9. The molecule has 20 nitrogen and oxygen atoms in total. The van der Waals surface area contributed by atoms with Crippen LogP contribution in [0.25, 0.3) is 0 Å². The van der Waals surface area contributed by atoms with E-state index in [4.69, 9.17) is 35.5 Å². The van der Waals surface area contributed by atoms with E-state index in [2.05, 4.69) is 27.7 Å². The van der Waals surface area contributed by atoms with Crippen LogP contribution in [0.5, 0.6) is 0 Å². The van der Waals surface area contributed by atoms with Gasteiger partial charge in [0.25, 0.3) is 0 Å². The molecule has 2 aliphatic heterocycles. The molecule has 4 saturated carbocycles. The molecular formula is C48H76N2O18. The SMILES string of the molecule is CC1(C)[C@@H](O[C@H]2O[C@H](C(=O)O)[C@@H](O)[C@H](O)[C@H]2O[C@@H]2O[C@H](C(=O)O)[C@@H](O)[C@H](O)[C@H]2O)CC[C@]2(C)[C@H]3C(=O)C=C4[C@@H]5C[C@@](C)(C(=O)O)CC[C@]5(C)CC[C@@]4(C)[C@]3(C)CC[C@@H]12.NCCCCC(N)C(=O)O. The third-order valence-corrected chi connectivity index (χ3v) is 18.5. The Morgan fingerprint density at radius 3 is 1.90 bits per heavy atom. The first-order chi connectivity index (χ1) is 31.5. The van der Waals surface area contributed by atoms with Gasteiger partial charge in [-0.1, -0.05) is 53.5 Å². The second-order valence-electron chi connectivity index (χ2n) is 22.9. The van der Waals surface area contributed by atoms with Gasteiger partial charge >= 0.3 is 23.9 Å². The molecule has 7 rings (SSSR count). The van der Waals surface area contributed by atoms with Gasteiger partial charge in [-0.3, -0.25) is 14.4 Å². The fourth-order valence-electron chi connectivity index (χ4n) is 14.0. The van der Waals surface area contributed by atoms with Gasteiger partial charge in [-0.2, -0.15) is 0 Å². The molecule has 0 bridgehead atoms. The van der Waals surface area contributed by atoms with Crippen LogP contribution in [0, 0.1) is 50.2 Å². The minimum Gasteiger partial charge on any atom is -0.481 e. The molecule has 68 heavy (non-hydrogen) atoms. The Balaban J connectivity index is 0.000000684. The van der Waals surface area contributed by atoms with E-state index < -0.39 is 119 Å². The second kappa shape index (κ2) is 19.5. The van der Waals surface area contributed by atoms with E-state index >= 15 is 0 Å². The van der Waals surface area contributed by atoms with E-state index in [1.807, 2.05) is 26.8 Å². The lowest BCUT2D eigenvalue weighted by Gasteiger charge is -2.70. The van der Waals surface area contributed by atoms with Crippen molar-refractivity contribution in [1.29, 1.82) is 0 Å². The Kier molecular flexibility index (Phi) is 15.5. The number of rotatable bonds is 12. The number of aliphatic carboxylic acids is 4. The second-order valence-corrected chi connectivity index (χ2v) is 22.9. The number of aliphatic hydroxyl groups is 5. The molecule has 6 fully saturated rings. The molecule has 2 saturated heterocycles. The molecule has 1 unspecified atom stereocenters. The van der Waals surface area contributed by atoms with Crippen molar-refractivity contribution in [2.24, 2.45) is 61.7 Å². The number of carbonyl (C=O) groups is 5. The highest BCUT2D eigenvalue weighted by Gasteiger charge is 2.71. The summed E-state index contributed by atoms with van der Waals surface area (Å²) in [6.07, 6.45) is -10.1. The maximum absolute atomic E-state index is 14.8. The predicted molar refractivity (Wildman–Crippen MR) is 238 cm³/mol. The van der Waals surface area contributed by atoms with Crippen molar-refractivity contribution < 1.29 is 88.9 Å². The van der Waals surface area contributed by atoms with Crippen LogP contribution in [0.2, 0.25) is 0 Å². The normalized spacial score (nSPS) is 46.7. The lowest BCUT2D eigenvalue weighted by Crippen LogP contribution is -2.68. The van der Waals surface area contributed by atoms with Crippen LogP contribution in [0.15, 0.2) is 11.6 Å². The predicted octanol–water partition coefficient (Wildman–Crippen LogP) is 1.77. The Hall–Kier alpha value is -3.15. The van der Waals surface area contributed by atoms with Crippen molar-refractivity contribution >= 4 is 29.7 Å². The van der Waals surface area contributed by atoms with Crippen LogP contribution in [0.3, 0.4) is 0 Å². The summed E-state index contributed by atoms with van der Waals surface area (Å²) in [7, 11) is 0. The summed E-state index contributed by atoms with van der Waals surface area (Å²) < 4.78 is 23.4. The Morgan fingerprint density at radius 1 is 0.735 bits per heavy atom. The molecule has 386 valence electrons. The zero-order valence-corrected chi connectivity index (χ0v) is 40.3. The molecule has 0 amide bonds. The minimum atomic E-state index is -2.05. The quantitative estimate of drug-likeness (QED) is 0.0980. The van der Waals surface area contributed by atoms with Crippen LogP contribution in [0.1, 0.15) is 126 Å². The number of hydrogen-bond acceptors (Lipinski definition) is 16. The van der Waals surface area contributed by atoms with Crippen LogP contribution in [-0.4, -0.2) is 156 Å². The number of carboxylic acids is 4. The van der Waals surface area contributed by atoms with E-state index in [0.29, 0.717) is 38.6 Å². The number of aliphatic hydroxyl groups excluding tert-OH is 5. The van der Waals surface area contributed by atoms with Crippen molar-refractivity contribution in [2.45, 2.75) is 199 Å². The summed E-state index contributed by atoms with van der Waals surface area (Å²) in [6, 6.07) is -0.716. The molecule has 0 aromatic carbocycles. The van der Waals surface area contributed by atoms with Gasteiger partial charge in [-0.25, -0.2) is 9.59 Å². The fraction of sp³-hybridized carbons (Fsp3) is 0.854. The van der Waals surface area contributed by atoms with Crippen LogP contribution in [0.4, 0.5) is 0 Å². The zero-order valence-electron chi connectivity index (χ0n) is 40.3. The summed E-state index contributed by atoms with van der Waals surface area (Å²) >= 11 is 0. The van der Waals surface area contributed by atoms with Crippen molar-refractivity contribution in [3.8, 4) is 0 Å². The molecular weight excluding hydrogens is 893 g/mol. The van der Waals surface area contributed by atoms with Crippen LogP contribution >= 0.6 is 0 Å². The van der Waals surface area contributed by atoms with Gasteiger partial charge in [0, 0.05) is 5.92 Å². The third kappa shape index (κ3) is 9.18. The number of fused-ring (bicyclic) bond motifs is 7. The van der Waals surface area contributed by atoms with Crippen molar-refractivity contribution in [3.63, 3.8) is 0 Å². The smallest absolute Gasteiger partial charge is 0.335 e. The largest absolute Gasteiger partial charge is 0.481 e. The molecule has 20 heteroatoms. The van der Waals surface area contributed by atoms with Gasteiger partial charge in [0.2, 0.25) is 0 Å². The molecule has 0 radical (unpaired) electrons. The summed E-state index contributed by atoms with van der Waals surface area (Å²) in [5.41, 5.74) is 8.61. The number of unbranched alkanes of at least 4 members (excludes halogenated alkanes) is 1. The van der Waals surface area contributed by atoms with Gasteiger partial charge in [-0.05, 0) is 129 Å². The highest BCUT2D eigenvalue weighted by Crippen LogP contribution is 2.75. The van der Waals surface area contributed by atoms with Crippen molar-refractivity contribution in [3.05, 3.63) is 11.6 Å². The molecule has 0 spiro atoms. The first-order valence-electron chi connectivity index (χ1n) is 24.1. The molecule has 2 heterocycles. The lowest BCUT2D eigenvalue weighted by atomic mass is 9.33. The maximum atomic E-state index is 14.8. The number of hydrogen-bond donors (Lipinski definition) is 11. The lowest BCUT2D eigenvalue weighted by molar-refractivity contribution is -0.371. The average molecular weight is 969 g/mol. The summed E-state index contributed by atoms with van der Waals surface area (Å²) in [5, 5.41) is 91.3. The highest BCUT2D eigenvalue weighted by atomic mass is 16.8. The number of nitrogens with two attached hydrogens (primary N) is 2. The van der Waals surface area contributed by atoms with Gasteiger partial charge in [0.1, 0.15) is 42.7 Å². The topological polar surface area (TPSA) is 356 Å². The number of ether oxygens (including phenoxy) is 4. The Labute approximate surface area is 396 Å².